The lowest BCUT2D eigenvalue weighted by atomic mass is 9.69. The molecule has 2 heterocycles. The third-order valence-corrected chi connectivity index (χ3v) is 5.30. The normalized spacial score (nSPS) is 25.4. The number of likely N-dealkylation sites (tertiary alicyclic amines) is 1. The Hall–Kier alpha value is -0.940. The number of rotatable bonds is 5. The first-order chi connectivity index (χ1) is 10.8. The number of nitrogens with zero attached hydrogens (tertiary/aromatic N) is 1. The minimum absolute atomic E-state index is 0.292. The van der Waals surface area contributed by atoms with Crippen LogP contribution < -0.4 is 5.32 Å². The SMILES string of the molecule is COCOC1CNCCC12CCN(Cc1ccccc1)CC2. The van der Waals surface area contributed by atoms with Crippen LogP contribution in [-0.4, -0.2) is 51.1 Å². The lowest BCUT2D eigenvalue weighted by molar-refractivity contribution is -0.142. The van der Waals surface area contributed by atoms with Gasteiger partial charge in [-0.1, -0.05) is 30.3 Å². The van der Waals surface area contributed by atoms with Crippen LogP contribution in [0.15, 0.2) is 30.3 Å². The van der Waals surface area contributed by atoms with Crippen molar-refractivity contribution in [3.63, 3.8) is 0 Å². The van der Waals surface area contributed by atoms with Crippen LogP contribution in [0.5, 0.6) is 0 Å². The van der Waals surface area contributed by atoms with Gasteiger partial charge in [-0.25, -0.2) is 0 Å². The summed E-state index contributed by atoms with van der Waals surface area (Å²) in [5.74, 6) is 0. The van der Waals surface area contributed by atoms with Crippen LogP contribution in [0.3, 0.4) is 0 Å². The minimum atomic E-state index is 0.292. The van der Waals surface area contributed by atoms with Crippen molar-refractivity contribution < 1.29 is 9.47 Å². The summed E-state index contributed by atoms with van der Waals surface area (Å²) in [5.41, 5.74) is 1.76. The molecule has 0 bridgehead atoms. The molecule has 4 heteroatoms. The van der Waals surface area contributed by atoms with E-state index in [1.165, 1.54) is 37.9 Å². The van der Waals surface area contributed by atoms with Crippen LogP contribution >= 0.6 is 0 Å². The van der Waals surface area contributed by atoms with Crippen molar-refractivity contribution in [2.45, 2.75) is 31.9 Å². The summed E-state index contributed by atoms with van der Waals surface area (Å²) in [6.45, 7) is 5.89. The van der Waals surface area contributed by atoms with E-state index >= 15 is 0 Å². The Morgan fingerprint density at radius 3 is 2.68 bits per heavy atom. The minimum Gasteiger partial charge on any atom is -0.359 e. The molecule has 2 aliphatic rings. The molecular weight excluding hydrogens is 276 g/mol. The van der Waals surface area contributed by atoms with Gasteiger partial charge in [0.15, 0.2) is 0 Å². The molecule has 2 aliphatic heterocycles. The number of benzene rings is 1. The highest BCUT2D eigenvalue weighted by molar-refractivity contribution is 5.14. The Balaban J connectivity index is 1.56. The van der Waals surface area contributed by atoms with Gasteiger partial charge < -0.3 is 14.8 Å². The summed E-state index contributed by atoms with van der Waals surface area (Å²) in [4.78, 5) is 2.58. The fourth-order valence-corrected chi connectivity index (χ4v) is 3.90. The quantitative estimate of drug-likeness (QED) is 0.846. The molecule has 2 fully saturated rings. The van der Waals surface area contributed by atoms with Crippen molar-refractivity contribution in [1.82, 2.24) is 10.2 Å². The van der Waals surface area contributed by atoms with Crippen molar-refractivity contribution in [1.29, 1.82) is 0 Å². The Kier molecular flexibility index (Phi) is 5.47. The average molecular weight is 304 g/mol. The molecule has 3 rings (SSSR count). The maximum Gasteiger partial charge on any atom is 0.146 e. The third kappa shape index (κ3) is 3.69. The molecule has 1 N–H and O–H groups in total. The molecule has 0 saturated carbocycles. The zero-order valence-electron chi connectivity index (χ0n) is 13.6. The molecule has 1 aromatic rings. The zero-order chi connectivity index (χ0) is 15.3. The van der Waals surface area contributed by atoms with Crippen LogP contribution in [0.2, 0.25) is 0 Å². The van der Waals surface area contributed by atoms with Crippen molar-refractivity contribution in [3.05, 3.63) is 35.9 Å². The second-order valence-electron chi connectivity index (χ2n) is 6.64. The predicted octanol–water partition coefficient (Wildman–Crippen LogP) is 2.25. The largest absolute Gasteiger partial charge is 0.359 e. The molecule has 4 nitrogen and oxygen atoms in total. The molecule has 22 heavy (non-hydrogen) atoms. The molecule has 1 aromatic carbocycles. The van der Waals surface area contributed by atoms with Gasteiger partial charge in [0.05, 0.1) is 6.10 Å². The molecule has 0 aliphatic carbocycles. The van der Waals surface area contributed by atoms with Gasteiger partial charge >= 0.3 is 0 Å². The van der Waals surface area contributed by atoms with Gasteiger partial charge in [-0.3, -0.25) is 4.90 Å². The van der Waals surface area contributed by atoms with Gasteiger partial charge in [0.1, 0.15) is 6.79 Å². The molecule has 0 amide bonds. The number of hydrogen-bond donors (Lipinski definition) is 1. The highest BCUT2D eigenvalue weighted by Gasteiger charge is 2.43. The van der Waals surface area contributed by atoms with E-state index in [-0.39, 0.29) is 0 Å². The van der Waals surface area contributed by atoms with E-state index < -0.39 is 0 Å². The van der Waals surface area contributed by atoms with Crippen LogP contribution in [-0.2, 0) is 16.0 Å². The molecule has 1 unspecified atom stereocenters. The van der Waals surface area contributed by atoms with E-state index in [4.69, 9.17) is 9.47 Å². The second-order valence-corrected chi connectivity index (χ2v) is 6.64. The van der Waals surface area contributed by atoms with E-state index in [0.717, 1.165) is 19.6 Å². The van der Waals surface area contributed by atoms with Crippen LogP contribution in [0.1, 0.15) is 24.8 Å². The number of methoxy groups -OCH3 is 1. The summed E-state index contributed by atoms with van der Waals surface area (Å²) in [7, 11) is 1.70. The second kappa shape index (κ2) is 7.55. The number of nitrogens with one attached hydrogen (secondary N) is 1. The fourth-order valence-electron chi connectivity index (χ4n) is 3.90. The zero-order valence-corrected chi connectivity index (χ0v) is 13.6. The van der Waals surface area contributed by atoms with Gasteiger partial charge in [-0.15, -0.1) is 0 Å². The average Bonchev–Trinajstić information content (AvgIpc) is 2.57. The van der Waals surface area contributed by atoms with Crippen LogP contribution in [0.4, 0.5) is 0 Å². The van der Waals surface area contributed by atoms with Gasteiger partial charge in [0.25, 0.3) is 0 Å². The topological polar surface area (TPSA) is 33.7 Å². The maximum atomic E-state index is 5.98. The predicted molar refractivity (Wildman–Crippen MR) is 87.6 cm³/mol. The molecule has 0 aromatic heterocycles. The van der Waals surface area contributed by atoms with Crippen LogP contribution in [0, 0.1) is 5.41 Å². The lowest BCUT2D eigenvalue weighted by Gasteiger charge is -2.49. The monoisotopic (exact) mass is 304 g/mol. The molecular formula is C18H28N2O2. The first-order valence-electron chi connectivity index (χ1n) is 8.40. The van der Waals surface area contributed by atoms with E-state index in [1.807, 2.05) is 0 Å². The number of hydrogen-bond acceptors (Lipinski definition) is 4. The fraction of sp³-hybridized carbons (Fsp3) is 0.667. The van der Waals surface area contributed by atoms with E-state index in [2.05, 4.69) is 40.5 Å². The van der Waals surface area contributed by atoms with Crippen molar-refractivity contribution >= 4 is 0 Å². The van der Waals surface area contributed by atoms with Gasteiger partial charge in [0.2, 0.25) is 0 Å². The van der Waals surface area contributed by atoms with Crippen molar-refractivity contribution in [3.8, 4) is 0 Å². The first-order valence-corrected chi connectivity index (χ1v) is 8.40. The summed E-state index contributed by atoms with van der Waals surface area (Å²) in [6, 6.07) is 10.8. The maximum absolute atomic E-state index is 5.98. The van der Waals surface area contributed by atoms with Crippen molar-refractivity contribution in [2.24, 2.45) is 5.41 Å². The van der Waals surface area contributed by atoms with Crippen molar-refractivity contribution in [2.75, 3.05) is 40.1 Å². The smallest absolute Gasteiger partial charge is 0.146 e. The first kappa shape index (κ1) is 15.9. The number of piperidine rings is 2. The van der Waals surface area contributed by atoms with E-state index in [9.17, 15) is 0 Å². The third-order valence-electron chi connectivity index (χ3n) is 5.30. The molecule has 1 spiro atoms. The van der Waals surface area contributed by atoms with Gasteiger partial charge in [-0.05, 0) is 44.5 Å². The molecule has 122 valence electrons. The van der Waals surface area contributed by atoms with Crippen LogP contribution in [0.25, 0.3) is 0 Å². The Labute approximate surface area is 133 Å². The Morgan fingerprint density at radius 1 is 1.18 bits per heavy atom. The molecule has 1 atom stereocenters. The molecule has 2 saturated heterocycles. The standard InChI is InChI=1S/C18H28N2O2/c1-21-15-22-17-13-19-10-7-18(17)8-11-20(12-9-18)14-16-5-3-2-4-6-16/h2-6,17,19H,7-15H2,1H3. The Morgan fingerprint density at radius 2 is 1.95 bits per heavy atom. The highest BCUT2D eigenvalue weighted by atomic mass is 16.7. The van der Waals surface area contributed by atoms with Gasteiger partial charge in [-0.2, -0.15) is 0 Å². The summed E-state index contributed by atoms with van der Waals surface area (Å²) >= 11 is 0. The summed E-state index contributed by atoms with van der Waals surface area (Å²) in [6.07, 6.45) is 3.98. The summed E-state index contributed by atoms with van der Waals surface area (Å²) in [5, 5.41) is 3.47. The lowest BCUT2D eigenvalue weighted by Crippen LogP contribution is -2.55. The summed E-state index contributed by atoms with van der Waals surface area (Å²) < 4.78 is 11.1. The Bertz CT molecular complexity index is 444. The van der Waals surface area contributed by atoms with E-state index in [0.29, 0.717) is 18.3 Å². The van der Waals surface area contributed by atoms with Gasteiger partial charge in [0, 0.05) is 25.6 Å². The van der Waals surface area contributed by atoms with E-state index in [1.54, 1.807) is 7.11 Å². The number of ether oxygens (including phenoxy) is 2. The molecule has 0 radical (unpaired) electrons. The highest BCUT2D eigenvalue weighted by Crippen LogP contribution is 2.41.